The average Bonchev–Trinajstić information content (AvgIpc) is 3.22. The van der Waals surface area contributed by atoms with Crippen molar-refractivity contribution in [1.29, 1.82) is 0 Å². The van der Waals surface area contributed by atoms with Gasteiger partial charge in [-0.25, -0.2) is 0 Å². The predicted molar refractivity (Wildman–Crippen MR) is 86.6 cm³/mol. The highest BCUT2D eigenvalue weighted by Crippen LogP contribution is 2.40. The highest BCUT2D eigenvalue weighted by atomic mass is 35.5. The summed E-state index contributed by atoms with van der Waals surface area (Å²) in [6.45, 7) is 0. The lowest BCUT2D eigenvalue weighted by molar-refractivity contribution is 0.0485. The molecule has 0 bridgehead atoms. The van der Waals surface area contributed by atoms with Gasteiger partial charge in [-0.05, 0) is 48.1 Å². The number of hydrazone groups is 1. The van der Waals surface area contributed by atoms with Crippen LogP contribution in [0, 0.1) is 5.92 Å². The van der Waals surface area contributed by atoms with Crippen LogP contribution in [0.25, 0.3) is 0 Å². The van der Waals surface area contributed by atoms with E-state index in [2.05, 4.69) is 5.10 Å². The van der Waals surface area contributed by atoms with Gasteiger partial charge in [-0.1, -0.05) is 23.2 Å². The Morgan fingerprint density at radius 2 is 1.95 bits per heavy atom. The smallest absolute Gasteiger partial charge is 0.164 e. The van der Waals surface area contributed by atoms with Crippen molar-refractivity contribution in [3.8, 4) is 0 Å². The summed E-state index contributed by atoms with van der Waals surface area (Å²) in [4.78, 5) is 0. The molecule has 1 unspecified atom stereocenters. The standard InChI is InChI=1S/C15H17Cl2N3O/c1-20-15(21)11(8-2-3-8)6-10(19-20)7-12-13(16)4-9(18)5-14(12)17/h4-6,8,15,21H,2-3,7,18H2,1H3. The van der Waals surface area contributed by atoms with E-state index in [1.54, 1.807) is 24.2 Å². The number of halogens is 2. The van der Waals surface area contributed by atoms with Crippen LogP contribution in [0.1, 0.15) is 18.4 Å². The summed E-state index contributed by atoms with van der Waals surface area (Å²) in [5.74, 6) is 0.477. The van der Waals surface area contributed by atoms with E-state index in [-0.39, 0.29) is 0 Å². The Morgan fingerprint density at radius 1 is 1.33 bits per heavy atom. The number of aliphatic hydroxyl groups is 1. The number of hydrogen-bond donors (Lipinski definition) is 2. The predicted octanol–water partition coefficient (Wildman–Crippen LogP) is 3.07. The Morgan fingerprint density at radius 3 is 2.52 bits per heavy atom. The minimum absolute atomic E-state index is 0.477. The highest BCUT2D eigenvalue weighted by molar-refractivity contribution is 6.36. The van der Waals surface area contributed by atoms with Crippen LogP contribution < -0.4 is 5.73 Å². The fraction of sp³-hybridized carbons (Fsp3) is 0.400. The van der Waals surface area contributed by atoms with E-state index in [1.165, 1.54) is 0 Å². The van der Waals surface area contributed by atoms with Crippen molar-refractivity contribution in [3.05, 3.63) is 39.4 Å². The molecule has 1 aliphatic heterocycles. The second-order valence-corrected chi connectivity index (χ2v) is 6.41. The van der Waals surface area contributed by atoms with Crippen molar-refractivity contribution >= 4 is 34.6 Å². The molecule has 21 heavy (non-hydrogen) atoms. The molecule has 1 atom stereocenters. The van der Waals surface area contributed by atoms with Crippen LogP contribution in [-0.2, 0) is 6.42 Å². The van der Waals surface area contributed by atoms with E-state index >= 15 is 0 Å². The van der Waals surface area contributed by atoms with Crippen LogP contribution >= 0.6 is 23.2 Å². The molecular formula is C15H17Cl2N3O. The summed E-state index contributed by atoms with van der Waals surface area (Å²) in [7, 11) is 1.77. The molecule has 4 nitrogen and oxygen atoms in total. The lowest BCUT2D eigenvalue weighted by atomic mass is 10.0. The molecule has 1 aliphatic carbocycles. The molecule has 0 saturated heterocycles. The van der Waals surface area contributed by atoms with Crippen LogP contribution in [-0.4, -0.2) is 29.1 Å². The largest absolute Gasteiger partial charge is 0.399 e. The fourth-order valence-corrected chi connectivity index (χ4v) is 3.21. The molecule has 0 amide bonds. The number of aliphatic hydroxyl groups excluding tert-OH is 1. The maximum atomic E-state index is 10.2. The van der Waals surface area contributed by atoms with Crippen LogP contribution in [0.4, 0.5) is 5.69 Å². The third-order valence-electron chi connectivity index (χ3n) is 3.84. The first-order valence-electron chi connectivity index (χ1n) is 6.89. The topological polar surface area (TPSA) is 61.8 Å². The van der Waals surface area contributed by atoms with Gasteiger partial charge >= 0.3 is 0 Å². The number of hydrogen-bond acceptors (Lipinski definition) is 4. The Hall–Kier alpha value is -1.23. The number of nitrogens with two attached hydrogens (primary N) is 1. The van der Waals surface area contributed by atoms with Crippen LogP contribution in [0.15, 0.2) is 28.9 Å². The molecule has 2 aliphatic rings. The molecule has 3 rings (SSSR count). The Labute approximate surface area is 133 Å². The van der Waals surface area contributed by atoms with E-state index in [1.807, 2.05) is 6.08 Å². The molecule has 6 heteroatoms. The molecular weight excluding hydrogens is 309 g/mol. The second kappa shape index (κ2) is 5.52. The van der Waals surface area contributed by atoms with Crippen LogP contribution in [0.5, 0.6) is 0 Å². The number of nitrogen functional groups attached to an aromatic ring is 1. The number of allylic oxidation sites excluding steroid dienone is 1. The normalized spacial score (nSPS) is 22.1. The van der Waals surface area contributed by atoms with E-state index in [9.17, 15) is 5.11 Å². The molecule has 0 radical (unpaired) electrons. The summed E-state index contributed by atoms with van der Waals surface area (Å²) < 4.78 is 0. The minimum atomic E-state index is -0.626. The highest BCUT2D eigenvalue weighted by Gasteiger charge is 2.34. The van der Waals surface area contributed by atoms with Gasteiger partial charge in [0.1, 0.15) is 0 Å². The average molecular weight is 326 g/mol. The van der Waals surface area contributed by atoms with Crippen molar-refractivity contribution in [1.82, 2.24) is 5.01 Å². The number of benzene rings is 1. The maximum Gasteiger partial charge on any atom is 0.164 e. The lowest BCUT2D eigenvalue weighted by Crippen LogP contribution is -2.34. The molecule has 1 heterocycles. The molecule has 1 aromatic rings. The first-order valence-corrected chi connectivity index (χ1v) is 7.64. The Bertz CT molecular complexity index is 615. The fourth-order valence-electron chi connectivity index (χ4n) is 2.57. The van der Waals surface area contributed by atoms with Gasteiger partial charge in [-0.2, -0.15) is 5.10 Å². The van der Waals surface area contributed by atoms with Crippen molar-refractivity contribution in [2.24, 2.45) is 11.0 Å². The zero-order valence-electron chi connectivity index (χ0n) is 11.7. The summed E-state index contributed by atoms with van der Waals surface area (Å²) in [6, 6.07) is 3.38. The van der Waals surface area contributed by atoms with Crippen molar-refractivity contribution in [3.63, 3.8) is 0 Å². The molecule has 1 aromatic carbocycles. The molecule has 0 aromatic heterocycles. The van der Waals surface area contributed by atoms with Crippen LogP contribution in [0.2, 0.25) is 10.0 Å². The quantitative estimate of drug-likeness (QED) is 0.839. The van der Waals surface area contributed by atoms with Crippen molar-refractivity contribution in [2.45, 2.75) is 25.5 Å². The number of anilines is 1. The molecule has 1 saturated carbocycles. The van der Waals surface area contributed by atoms with E-state index in [0.717, 1.165) is 29.7 Å². The van der Waals surface area contributed by atoms with E-state index in [4.69, 9.17) is 28.9 Å². The van der Waals surface area contributed by atoms with E-state index < -0.39 is 6.23 Å². The zero-order chi connectivity index (χ0) is 15.1. The summed E-state index contributed by atoms with van der Waals surface area (Å²) in [5.41, 5.74) is 8.95. The van der Waals surface area contributed by atoms with Crippen molar-refractivity contribution < 1.29 is 5.11 Å². The molecule has 112 valence electrons. The lowest BCUT2D eigenvalue weighted by Gasteiger charge is -2.28. The van der Waals surface area contributed by atoms with Gasteiger partial charge in [-0.15, -0.1) is 0 Å². The van der Waals surface area contributed by atoms with Gasteiger partial charge < -0.3 is 10.8 Å². The zero-order valence-corrected chi connectivity index (χ0v) is 13.2. The third kappa shape index (κ3) is 3.03. The SMILES string of the molecule is CN1N=C(Cc2c(Cl)cc(N)cc2Cl)C=C(C2CC2)C1O. The maximum absolute atomic E-state index is 10.2. The van der Waals surface area contributed by atoms with Crippen LogP contribution in [0.3, 0.4) is 0 Å². The van der Waals surface area contributed by atoms with Crippen molar-refractivity contribution in [2.75, 3.05) is 12.8 Å². The van der Waals surface area contributed by atoms with Gasteiger partial charge in [0, 0.05) is 29.2 Å². The second-order valence-electron chi connectivity index (χ2n) is 5.60. The number of rotatable bonds is 3. The van der Waals surface area contributed by atoms with Gasteiger partial charge in [0.2, 0.25) is 0 Å². The molecule has 1 fully saturated rings. The van der Waals surface area contributed by atoms with Gasteiger partial charge in [-0.3, -0.25) is 5.01 Å². The monoisotopic (exact) mass is 325 g/mol. The Kier molecular flexibility index (Phi) is 3.86. The first-order chi connectivity index (χ1) is 9.95. The summed E-state index contributed by atoms with van der Waals surface area (Å²) in [5, 5.41) is 17.2. The van der Waals surface area contributed by atoms with Gasteiger partial charge in [0.15, 0.2) is 6.23 Å². The number of nitrogens with zero attached hydrogens (tertiary/aromatic N) is 2. The van der Waals surface area contributed by atoms with Gasteiger partial charge in [0.25, 0.3) is 0 Å². The summed E-state index contributed by atoms with van der Waals surface area (Å²) in [6.07, 6.45) is 4.13. The summed E-state index contributed by atoms with van der Waals surface area (Å²) >= 11 is 12.5. The van der Waals surface area contributed by atoms with E-state index in [0.29, 0.717) is 28.1 Å². The van der Waals surface area contributed by atoms with Gasteiger partial charge in [0.05, 0.1) is 5.71 Å². The first kappa shape index (κ1) is 14.7. The Balaban J connectivity index is 1.89. The number of likely N-dealkylation sites (N-methyl/N-ethyl adjacent to an activating group) is 1. The molecule has 3 N–H and O–H groups in total. The molecule has 0 spiro atoms. The third-order valence-corrected chi connectivity index (χ3v) is 4.52. The minimum Gasteiger partial charge on any atom is -0.399 e.